The van der Waals surface area contributed by atoms with Gasteiger partial charge in [-0.3, -0.25) is 4.99 Å². The SMILES string of the molecule is CSc1ccccc1N=CC1=C(c2cccs2)Oc2ccccc2C1c1ccccc1C. The average Bonchev–Trinajstić information content (AvgIpc) is 3.37. The number of aryl methyl sites for hydroxylation is 1. The Morgan fingerprint density at radius 3 is 2.41 bits per heavy atom. The van der Waals surface area contributed by atoms with E-state index in [0.29, 0.717) is 0 Å². The van der Waals surface area contributed by atoms with Crippen LogP contribution in [0.1, 0.15) is 27.5 Å². The van der Waals surface area contributed by atoms with Gasteiger partial charge < -0.3 is 4.74 Å². The summed E-state index contributed by atoms with van der Waals surface area (Å²) in [5, 5.41) is 2.09. The van der Waals surface area contributed by atoms with Crippen LogP contribution in [0.25, 0.3) is 5.76 Å². The van der Waals surface area contributed by atoms with Crippen LogP contribution in [-0.4, -0.2) is 12.5 Å². The summed E-state index contributed by atoms with van der Waals surface area (Å²) in [5.41, 5.74) is 5.76. The maximum atomic E-state index is 6.52. The van der Waals surface area contributed by atoms with Gasteiger partial charge >= 0.3 is 0 Å². The number of aliphatic imine (C=N–C) groups is 1. The van der Waals surface area contributed by atoms with Crippen molar-refractivity contribution in [2.24, 2.45) is 4.99 Å². The lowest BCUT2D eigenvalue weighted by atomic mass is 9.80. The predicted octanol–water partition coefficient (Wildman–Crippen LogP) is 8.12. The Kier molecular flexibility index (Phi) is 5.97. The van der Waals surface area contributed by atoms with Crippen LogP contribution in [0.15, 0.2) is 106 Å². The maximum absolute atomic E-state index is 6.52. The van der Waals surface area contributed by atoms with Crippen molar-refractivity contribution >= 4 is 40.8 Å². The number of fused-ring (bicyclic) bond motifs is 1. The monoisotopic (exact) mass is 453 g/mol. The molecule has 2 nitrogen and oxygen atoms in total. The van der Waals surface area contributed by atoms with Crippen molar-refractivity contribution in [2.75, 3.05) is 6.26 Å². The van der Waals surface area contributed by atoms with Gasteiger partial charge in [-0.15, -0.1) is 23.1 Å². The third-order valence-corrected chi connectivity index (χ3v) is 7.34. The molecular formula is C28H23NOS2. The molecule has 0 fully saturated rings. The highest BCUT2D eigenvalue weighted by Gasteiger charge is 2.32. The highest BCUT2D eigenvalue weighted by atomic mass is 32.2. The molecule has 0 saturated heterocycles. The third kappa shape index (κ3) is 3.92. The van der Waals surface area contributed by atoms with Crippen molar-refractivity contribution in [2.45, 2.75) is 17.7 Å². The van der Waals surface area contributed by atoms with E-state index in [-0.39, 0.29) is 5.92 Å². The van der Waals surface area contributed by atoms with Crippen LogP contribution in [0.5, 0.6) is 5.75 Å². The summed E-state index contributed by atoms with van der Waals surface area (Å²) in [4.78, 5) is 7.23. The molecule has 2 heterocycles. The molecule has 0 saturated carbocycles. The van der Waals surface area contributed by atoms with E-state index < -0.39 is 0 Å². The van der Waals surface area contributed by atoms with Crippen LogP contribution in [0, 0.1) is 6.92 Å². The topological polar surface area (TPSA) is 21.6 Å². The standard InChI is InChI=1S/C28H23NOS2/c1-19-10-3-4-11-20(19)27-21-12-5-7-14-24(21)30-28(26-16-9-17-32-26)22(27)18-29-23-13-6-8-15-25(23)31-2/h3-18,27H,1-2H3. The first-order valence-corrected chi connectivity index (χ1v) is 12.6. The molecule has 0 aliphatic carbocycles. The van der Waals surface area contributed by atoms with E-state index >= 15 is 0 Å². The van der Waals surface area contributed by atoms with E-state index in [9.17, 15) is 0 Å². The number of allylic oxidation sites excluding steroid dienone is 1. The third-order valence-electron chi connectivity index (χ3n) is 5.69. The zero-order valence-corrected chi connectivity index (χ0v) is 19.6. The van der Waals surface area contributed by atoms with Crippen molar-refractivity contribution in [3.8, 4) is 5.75 Å². The zero-order chi connectivity index (χ0) is 21.9. The molecule has 4 heteroatoms. The van der Waals surface area contributed by atoms with Gasteiger partial charge in [-0.1, -0.05) is 60.7 Å². The second-order valence-corrected chi connectivity index (χ2v) is 9.42. The minimum Gasteiger partial charge on any atom is -0.455 e. The minimum atomic E-state index is 0.0449. The summed E-state index contributed by atoms with van der Waals surface area (Å²) in [6.45, 7) is 2.18. The molecule has 0 amide bonds. The van der Waals surface area contributed by atoms with Gasteiger partial charge in [0.15, 0.2) is 0 Å². The number of thiophene rings is 1. The molecule has 32 heavy (non-hydrogen) atoms. The van der Waals surface area contributed by atoms with Gasteiger partial charge in [0.2, 0.25) is 0 Å². The van der Waals surface area contributed by atoms with Gasteiger partial charge in [0.1, 0.15) is 11.5 Å². The van der Waals surface area contributed by atoms with Crippen LogP contribution in [0.3, 0.4) is 0 Å². The second kappa shape index (κ2) is 9.19. The number of hydrogen-bond donors (Lipinski definition) is 0. The van der Waals surface area contributed by atoms with Gasteiger partial charge in [-0.2, -0.15) is 0 Å². The molecule has 1 aliphatic heterocycles. The second-order valence-electron chi connectivity index (χ2n) is 7.62. The molecule has 0 radical (unpaired) electrons. The van der Waals surface area contributed by atoms with Crippen molar-refractivity contribution < 1.29 is 4.74 Å². The Labute approximate surface area is 197 Å². The highest BCUT2D eigenvalue weighted by molar-refractivity contribution is 7.98. The number of nitrogens with zero attached hydrogens (tertiary/aromatic N) is 1. The molecule has 0 N–H and O–H groups in total. The minimum absolute atomic E-state index is 0.0449. The Hall–Kier alpha value is -3.08. The Bertz CT molecular complexity index is 1300. The molecule has 5 rings (SSSR count). The van der Waals surface area contributed by atoms with E-state index in [0.717, 1.165) is 32.5 Å². The van der Waals surface area contributed by atoms with Gasteiger partial charge in [-0.25, -0.2) is 0 Å². The zero-order valence-electron chi connectivity index (χ0n) is 18.0. The van der Waals surface area contributed by atoms with Crippen LogP contribution in [-0.2, 0) is 0 Å². The summed E-state index contributed by atoms with van der Waals surface area (Å²) in [7, 11) is 0. The van der Waals surface area contributed by atoms with E-state index in [1.165, 1.54) is 16.7 Å². The maximum Gasteiger partial charge on any atom is 0.150 e. The fourth-order valence-corrected chi connectivity index (χ4v) is 5.41. The van der Waals surface area contributed by atoms with Crippen LogP contribution >= 0.6 is 23.1 Å². The number of hydrogen-bond acceptors (Lipinski definition) is 4. The molecular weight excluding hydrogens is 430 g/mol. The summed E-state index contributed by atoms with van der Waals surface area (Å²) >= 11 is 3.40. The quantitative estimate of drug-likeness (QED) is 0.225. The van der Waals surface area contributed by atoms with Gasteiger partial charge in [0.25, 0.3) is 0 Å². The Balaban J connectivity index is 1.74. The van der Waals surface area contributed by atoms with E-state index in [4.69, 9.17) is 9.73 Å². The Morgan fingerprint density at radius 1 is 0.875 bits per heavy atom. The lowest BCUT2D eigenvalue weighted by Crippen LogP contribution is -2.17. The molecule has 1 aromatic heterocycles. The van der Waals surface area contributed by atoms with Crippen LogP contribution < -0.4 is 4.74 Å². The molecule has 1 atom stereocenters. The normalized spacial score (nSPS) is 15.6. The Morgan fingerprint density at radius 2 is 1.62 bits per heavy atom. The van der Waals surface area contributed by atoms with E-state index in [1.54, 1.807) is 23.1 Å². The average molecular weight is 454 g/mol. The van der Waals surface area contributed by atoms with Crippen molar-refractivity contribution in [1.82, 2.24) is 0 Å². The smallest absolute Gasteiger partial charge is 0.150 e. The number of para-hydroxylation sites is 2. The first kappa shape index (κ1) is 20.8. The lowest BCUT2D eigenvalue weighted by molar-refractivity contribution is 0.490. The first-order valence-electron chi connectivity index (χ1n) is 10.5. The molecule has 0 bridgehead atoms. The summed E-state index contributed by atoms with van der Waals surface area (Å²) in [5.74, 6) is 1.84. The highest BCUT2D eigenvalue weighted by Crippen LogP contribution is 2.46. The number of thioether (sulfide) groups is 1. The fraction of sp³-hybridized carbons (Fsp3) is 0.107. The first-order chi connectivity index (χ1) is 15.8. The molecule has 4 aromatic rings. The molecule has 3 aromatic carbocycles. The predicted molar refractivity (Wildman–Crippen MR) is 138 cm³/mol. The van der Waals surface area contributed by atoms with Crippen molar-refractivity contribution in [3.63, 3.8) is 0 Å². The number of rotatable bonds is 5. The summed E-state index contributed by atoms with van der Waals surface area (Å²) in [6, 6.07) is 29.4. The summed E-state index contributed by atoms with van der Waals surface area (Å²) in [6.07, 6.45) is 4.10. The molecule has 1 unspecified atom stereocenters. The molecule has 1 aliphatic rings. The lowest BCUT2D eigenvalue weighted by Gasteiger charge is -2.30. The summed E-state index contributed by atoms with van der Waals surface area (Å²) < 4.78 is 6.52. The van der Waals surface area contributed by atoms with Crippen LogP contribution in [0.4, 0.5) is 5.69 Å². The molecule has 0 spiro atoms. The van der Waals surface area contributed by atoms with Crippen molar-refractivity contribution in [1.29, 1.82) is 0 Å². The van der Waals surface area contributed by atoms with Crippen molar-refractivity contribution in [3.05, 3.63) is 117 Å². The largest absolute Gasteiger partial charge is 0.455 e. The van der Waals surface area contributed by atoms with E-state index in [2.05, 4.69) is 91.4 Å². The van der Waals surface area contributed by atoms with Gasteiger partial charge in [-0.05, 0) is 54.0 Å². The molecule has 158 valence electrons. The van der Waals surface area contributed by atoms with Gasteiger partial charge in [0, 0.05) is 28.2 Å². The fourth-order valence-electron chi connectivity index (χ4n) is 4.13. The van der Waals surface area contributed by atoms with Gasteiger partial charge in [0.05, 0.1) is 10.6 Å². The van der Waals surface area contributed by atoms with E-state index in [1.807, 2.05) is 18.3 Å². The van der Waals surface area contributed by atoms with Crippen LogP contribution in [0.2, 0.25) is 0 Å². The number of benzene rings is 3. The number of ether oxygens (including phenoxy) is 1.